The van der Waals surface area contributed by atoms with Gasteiger partial charge in [0.1, 0.15) is 6.04 Å². The number of nitrogens with one attached hydrogen (secondary N) is 1. The monoisotopic (exact) mass is 294 g/mol. The minimum atomic E-state index is -1.07. The van der Waals surface area contributed by atoms with E-state index in [4.69, 9.17) is 9.84 Å². The third kappa shape index (κ3) is 5.83. The van der Waals surface area contributed by atoms with Crippen molar-refractivity contribution >= 4 is 12.0 Å². The molecule has 0 bridgehead atoms. The van der Waals surface area contributed by atoms with Crippen molar-refractivity contribution in [2.75, 3.05) is 20.8 Å². The van der Waals surface area contributed by atoms with E-state index in [0.717, 1.165) is 11.1 Å². The molecule has 1 aromatic carbocycles. The number of methoxy groups -OCH3 is 1. The van der Waals surface area contributed by atoms with E-state index in [1.165, 1.54) is 12.0 Å². The molecule has 0 aliphatic heterocycles. The zero-order valence-electron chi connectivity index (χ0n) is 12.6. The number of aliphatic carboxylic acids is 1. The normalized spacial score (nSPS) is 11.8. The maximum absolute atomic E-state index is 12.0. The number of carbonyl (C=O) groups excluding carboxylic acids is 1. The molecule has 21 heavy (non-hydrogen) atoms. The van der Waals surface area contributed by atoms with Gasteiger partial charge in [-0.3, -0.25) is 0 Å². The number of rotatable bonds is 7. The maximum Gasteiger partial charge on any atom is 0.326 e. The second-order valence-corrected chi connectivity index (χ2v) is 4.97. The number of nitrogens with zero attached hydrogens (tertiary/aromatic N) is 1. The van der Waals surface area contributed by atoms with Crippen LogP contribution in [0, 0.1) is 6.92 Å². The van der Waals surface area contributed by atoms with Crippen LogP contribution in [0.4, 0.5) is 4.79 Å². The van der Waals surface area contributed by atoms with Gasteiger partial charge in [-0.25, -0.2) is 9.59 Å². The van der Waals surface area contributed by atoms with Crippen LogP contribution < -0.4 is 5.32 Å². The summed E-state index contributed by atoms with van der Waals surface area (Å²) in [7, 11) is 3.12. The van der Waals surface area contributed by atoms with Crippen LogP contribution in [0.5, 0.6) is 0 Å². The first-order valence-electron chi connectivity index (χ1n) is 6.73. The summed E-state index contributed by atoms with van der Waals surface area (Å²) in [6.07, 6.45) is 0.232. The van der Waals surface area contributed by atoms with Crippen LogP contribution in [0.25, 0.3) is 0 Å². The van der Waals surface area contributed by atoms with Gasteiger partial charge in [0.15, 0.2) is 0 Å². The molecule has 0 aliphatic carbocycles. The molecule has 0 fully saturated rings. The Morgan fingerprint density at radius 1 is 1.43 bits per heavy atom. The first kappa shape index (κ1) is 17.0. The van der Waals surface area contributed by atoms with Gasteiger partial charge in [-0.05, 0) is 12.5 Å². The molecule has 0 aromatic heterocycles. The predicted octanol–water partition coefficient (Wildman–Crippen LogP) is 1.63. The van der Waals surface area contributed by atoms with Gasteiger partial charge in [0.25, 0.3) is 0 Å². The molecule has 116 valence electrons. The SMILES string of the molecule is COCCC(NC(=O)N(C)Cc1cccc(C)c1)C(=O)O. The van der Waals surface area contributed by atoms with E-state index in [2.05, 4.69) is 5.32 Å². The number of carbonyl (C=O) groups is 2. The van der Waals surface area contributed by atoms with Crippen LogP contribution in [0.15, 0.2) is 24.3 Å². The lowest BCUT2D eigenvalue weighted by atomic mass is 10.1. The summed E-state index contributed by atoms with van der Waals surface area (Å²) in [4.78, 5) is 24.6. The van der Waals surface area contributed by atoms with E-state index in [0.29, 0.717) is 6.54 Å². The van der Waals surface area contributed by atoms with Crippen LogP contribution in [0.2, 0.25) is 0 Å². The zero-order chi connectivity index (χ0) is 15.8. The summed E-state index contributed by atoms with van der Waals surface area (Å²) < 4.78 is 4.85. The van der Waals surface area contributed by atoms with Gasteiger partial charge in [-0.1, -0.05) is 29.8 Å². The number of hydrogen-bond donors (Lipinski definition) is 2. The van der Waals surface area contributed by atoms with Gasteiger partial charge in [-0.2, -0.15) is 0 Å². The van der Waals surface area contributed by atoms with Crippen molar-refractivity contribution in [2.24, 2.45) is 0 Å². The van der Waals surface area contributed by atoms with Gasteiger partial charge in [-0.15, -0.1) is 0 Å². The third-order valence-electron chi connectivity index (χ3n) is 3.06. The molecule has 0 aliphatic rings. The topological polar surface area (TPSA) is 78.9 Å². The molecule has 0 heterocycles. The molecule has 6 nitrogen and oxygen atoms in total. The summed E-state index contributed by atoms with van der Waals surface area (Å²) in [5.74, 6) is -1.07. The quantitative estimate of drug-likeness (QED) is 0.801. The molecule has 0 spiro atoms. The van der Waals surface area contributed by atoms with Gasteiger partial charge in [0.2, 0.25) is 0 Å². The fourth-order valence-electron chi connectivity index (χ4n) is 1.91. The minimum absolute atomic E-state index is 0.232. The smallest absolute Gasteiger partial charge is 0.326 e. The Morgan fingerprint density at radius 3 is 2.71 bits per heavy atom. The van der Waals surface area contributed by atoms with Crippen molar-refractivity contribution in [3.63, 3.8) is 0 Å². The zero-order valence-corrected chi connectivity index (χ0v) is 12.6. The number of carboxylic acids is 1. The van der Waals surface area contributed by atoms with Crippen LogP contribution in [0.3, 0.4) is 0 Å². The van der Waals surface area contributed by atoms with Gasteiger partial charge < -0.3 is 20.1 Å². The van der Waals surface area contributed by atoms with E-state index in [1.54, 1.807) is 7.05 Å². The fourth-order valence-corrected chi connectivity index (χ4v) is 1.91. The summed E-state index contributed by atoms with van der Waals surface area (Å²) in [6, 6.07) is 6.46. The highest BCUT2D eigenvalue weighted by Gasteiger charge is 2.21. The summed E-state index contributed by atoms with van der Waals surface area (Å²) in [5.41, 5.74) is 2.11. The molecular weight excluding hydrogens is 272 g/mol. The lowest BCUT2D eigenvalue weighted by molar-refractivity contribution is -0.139. The van der Waals surface area contributed by atoms with Crippen LogP contribution in [0.1, 0.15) is 17.5 Å². The molecule has 2 N–H and O–H groups in total. The summed E-state index contributed by atoms with van der Waals surface area (Å²) in [5, 5.41) is 11.6. The Hall–Kier alpha value is -2.08. The molecular formula is C15H22N2O4. The molecule has 6 heteroatoms. The van der Waals surface area contributed by atoms with E-state index >= 15 is 0 Å². The highest BCUT2D eigenvalue weighted by molar-refractivity contribution is 5.82. The van der Waals surface area contributed by atoms with Crippen molar-refractivity contribution in [2.45, 2.75) is 25.9 Å². The van der Waals surface area contributed by atoms with Crippen molar-refractivity contribution in [3.05, 3.63) is 35.4 Å². The minimum Gasteiger partial charge on any atom is -0.480 e. The van der Waals surface area contributed by atoms with E-state index < -0.39 is 18.0 Å². The predicted molar refractivity (Wildman–Crippen MR) is 79.1 cm³/mol. The Morgan fingerprint density at radius 2 is 2.14 bits per heavy atom. The molecule has 0 radical (unpaired) electrons. The number of amides is 2. The maximum atomic E-state index is 12.0. The molecule has 1 rings (SSSR count). The Bertz CT molecular complexity index is 490. The summed E-state index contributed by atoms with van der Waals surface area (Å²) in [6.45, 7) is 2.68. The average Bonchev–Trinajstić information content (AvgIpc) is 2.42. The lowest BCUT2D eigenvalue weighted by Crippen LogP contribution is -2.46. The van der Waals surface area contributed by atoms with Crippen molar-refractivity contribution in [1.29, 1.82) is 0 Å². The van der Waals surface area contributed by atoms with E-state index in [1.807, 2.05) is 31.2 Å². The Kier molecular flexibility index (Phi) is 6.68. The van der Waals surface area contributed by atoms with E-state index in [9.17, 15) is 9.59 Å². The van der Waals surface area contributed by atoms with Gasteiger partial charge >= 0.3 is 12.0 Å². The summed E-state index contributed by atoms with van der Waals surface area (Å²) >= 11 is 0. The lowest BCUT2D eigenvalue weighted by Gasteiger charge is -2.21. The average molecular weight is 294 g/mol. The first-order chi connectivity index (χ1) is 9.93. The second-order valence-electron chi connectivity index (χ2n) is 4.97. The first-order valence-corrected chi connectivity index (χ1v) is 6.73. The second kappa shape index (κ2) is 8.26. The Balaban J connectivity index is 2.58. The molecule has 2 amide bonds. The van der Waals surface area contributed by atoms with E-state index in [-0.39, 0.29) is 13.0 Å². The molecule has 0 saturated heterocycles. The number of ether oxygens (including phenoxy) is 1. The van der Waals surface area contributed by atoms with Crippen LogP contribution in [-0.2, 0) is 16.1 Å². The van der Waals surface area contributed by atoms with Crippen LogP contribution >= 0.6 is 0 Å². The standard InChI is InChI=1S/C15H22N2O4/c1-11-5-4-6-12(9-11)10-17(2)15(20)16-13(14(18)19)7-8-21-3/h4-6,9,13H,7-8,10H2,1-3H3,(H,16,20)(H,18,19). The fraction of sp³-hybridized carbons (Fsp3) is 0.467. The Labute approximate surface area is 124 Å². The largest absolute Gasteiger partial charge is 0.480 e. The highest BCUT2D eigenvalue weighted by atomic mass is 16.5. The molecule has 1 aromatic rings. The van der Waals surface area contributed by atoms with Crippen molar-refractivity contribution in [1.82, 2.24) is 10.2 Å². The van der Waals surface area contributed by atoms with Crippen LogP contribution in [-0.4, -0.2) is 48.8 Å². The van der Waals surface area contributed by atoms with Gasteiger partial charge in [0, 0.05) is 33.7 Å². The van der Waals surface area contributed by atoms with Crippen molar-refractivity contribution < 1.29 is 19.4 Å². The highest BCUT2D eigenvalue weighted by Crippen LogP contribution is 2.07. The molecule has 1 unspecified atom stereocenters. The number of hydrogen-bond acceptors (Lipinski definition) is 3. The van der Waals surface area contributed by atoms with Crippen molar-refractivity contribution in [3.8, 4) is 0 Å². The number of carboxylic acid groups (broad SMARTS) is 1. The third-order valence-corrected chi connectivity index (χ3v) is 3.06. The molecule has 0 saturated carbocycles. The van der Waals surface area contributed by atoms with Gasteiger partial charge in [0.05, 0.1) is 0 Å². The molecule has 1 atom stereocenters. The number of benzene rings is 1. The number of aryl methyl sites for hydroxylation is 1. The number of urea groups is 1.